The average molecular weight is 463 g/mol. The second kappa shape index (κ2) is 8.85. The summed E-state index contributed by atoms with van der Waals surface area (Å²) < 4.78 is 0. The zero-order chi connectivity index (χ0) is 24.7. The van der Waals surface area contributed by atoms with Crippen LogP contribution >= 0.6 is 0 Å². The molecule has 1 aliphatic rings. The molecule has 0 spiro atoms. The predicted octanol–water partition coefficient (Wildman–Crippen LogP) is 4.48. The van der Waals surface area contributed by atoms with Crippen molar-refractivity contribution in [2.24, 2.45) is 0 Å². The van der Waals surface area contributed by atoms with Crippen LogP contribution in [0.1, 0.15) is 40.5 Å². The molecule has 3 heterocycles. The maximum atomic E-state index is 10.9. The van der Waals surface area contributed by atoms with Crippen LogP contribution in [0.4, 0.5) is 11.6 Å². The molecule has 0 amide bonds. The smallest absolute Gasteiger partial charge is 0.175 e. The number of rotatable bonds is 5. The van der Waals surface area contributed by atoms with Crippen molar-refractivity contribution >= 4 is 11.6 Å². The lowest BCUT2D eigenvalue weighted by Gasteiger charge is -2.48. The average Bonchev–Trinajstić information content (AvgIpc) is 2.76. The number of hydroxylamine groups is 1. The highest BCUT2D eigenvalue weighted by Crippen LogP contribution is 2.35. The largest absolute Gasteiger partial charge is 0.507 e. The van der Waals surface area contributed by atoms with Gasteiger partial charge in [0.2, 0.25) is 0 Å². The molecule has 0 aliphatic carbocycles. The van der Waals surface area contributed by atoms with Crippen LogP contribution in [0.2, 0.25) is 0 Å². The fourth-order valence-electron chi connectivity index (χ4n) is 4.97. The Balaban J connectivity index is 1.52. The monoisotopic (exact) mass is 462 g/mol. The minimum atomic E-state index is -0.101. The Morgan fingerprint density at radius 2 is 1.53 bits per heavy atom. The van der Waals surface area contributed by atoms with E-state index in [1.807, 2.05) is 43.3 Å². The Morgan fingerprint density at radius 1 is 0.882 bits per heavy atom. The number of hydrogen-bond donors (Lipinski definition) is 3. The summed E-state index contributed by atoms with van der Waals surface area (Å²) in [4.78, 5) is 6.37. The number of anilines is 2. The molecule has 0 unspecified atom stereocenters. The third kappa shape index (κ3) is 5.13. The van der Waals surface area contributed by atoms with E-state index >= 15 is 0 Å². The number of pyridine rings is 1. The van der Waals surface area contributed by atoms with Crippen molar-refractivity contribution in [3.05, 3.63) is 48.7 Å². The summed E-state index contributed by atoms with van der Waals surface area (Å²) in [5, 5.41) is 35.0. The summed E-state index contributed by atoms with van der Waals surface area (Å²) >= 11 is 0. The first kappa shape index (κ1) is 23.9. The molecule has 0 saturated carbocycles. The van der Waals surface area contributed by atoms with E-state index in [1.54, 1.807) is 24.4 Å². The first-order valence-corrected chi connectivity index (χ1v) is 11.5. The molecule has 0 bridgehead atoms. The molecule has 8 nitrogen and oxygen atoms in total. The minimum Gasteiger partial charge on any atom is -0.507 e. The van der Waals surface area contributed by atoms with Gasteiger partial charge in [0.15, 0.2) is 5.82 Å². The van der Waals surface area contributed by atoms with Gasteiger partial charge in [0.05, 0.1) is 11.7 Å². The van der Waals surface area contributed by atoms with Crippen molar-refractivity contribution in [1.29, 1.82) is 0 Å². The molecule has 1 saturated heterocycles. The predicted molar refractivity (Wildman–Crippen MR) is 135 cm³/mol. The van der Waals surface area contributed by atoms with Crippen molar-refractivity contribution in [2.45, 2.75) is 57.7 Å². The highest BCUT2D eigenvalue weighted by molar-refractivity contribution is 5.74. The van der Waals surface area contributed by atoms with Crippen molar-refractivity contribution in [1.82, 2.24) is 20.5 Å². The Labute approximate surface area is 201 Å². The van der Waals surface area contributed by atoms with Crippen LogP contribution in [0, 0.1) is 0 Å². The van der Waals surface area contributed by atoms with Gasteiger partial charge in [0, 0.05) is 42.5 Å². The second-order valence-corrected chi connectivity index (χ2v) is 10.6. The van der Waals surface area contributed by atoms with Gasteiger partial charge in [-0.25, -0.2) is 10.0 Å². The zero-order valence-electron chi connectivity index (χ0n) is 20.7. The molecule has 3 N–H and O–H groups in total. The van der Waals surface area contributed by atoms with Gasteiger partial charge in [-0.15, -0.1) is 10.2 Å². The van der Waals surface area contributed by atoms with Crippen LogP contribution in [-0.2, 0) is 0 Å². The van der Waals surface area contributed by atoms with Gasteiger partial charge >= 0.3 is 0 Å². The van der Waals surface area contributed by atoms with Gasteiger partial charge in [0.1, 0.15) is 11.6 Å². The molecule has 1 fully saturated rings. The first-order chi connectivity index (χ1) is 15.9. The van der Waals surface area contributed by atoms with Crippen molar-refractivity contribution in [3.8, 4) is 28.1 Å². The van der Waals surface area contributed by atoms with Crippen LogP contribution in [0.15, 0.2) is 48.7 Å². The fourth-order valence-corrected chi connectivity index (χ4v) is 4.97. The topological polar surface area (TPSA) is 97.6 Å². The van der Waals surface area contributed by atoms with Crippen LogP contribution < -0.4 is 15.3 Å². The van der Waals surface area contributed by atoms with Gasteiger partial charge in [0.25, 0.3) is 0 Å². The molecule has 3 aromatic rings. The summed E-state index contributed by atoms with van der Waals surface area (Å²) in [6, 6.07) is 12.8. The highest BCUT2D eigenvalue weighted by Gasteiger charge is 2.40. The molecule has 0 atom stereocenters. The minimum absolute atomic E-state index is 0.0772. The molecule has 2 aromatic heterocycles. The molecule has 8 heteroatoms. The van der Waals surface area contributed by atoms with E-state index in [9.17, 15) is 10.3 Å². The standard InChI is InChI=1S/C26H34N6O2/c1-25(2)14-19(15-26(3,4)30-25)32(34)24-12-10-21(28-29-24)20-9-7-17(13-22(20)33)18-8-11-23(27-16-18)31(5)6/h7-13,16,19,30,33-34H,14-15H2,1-6H3. The molecule has 34 heavy (non-hydrogen) atoms. The van der Waals surface area contributed by atoms with E-state index in [1.165, 1.54) is 5.06 Å². The van der Waals surface area contributed by atoms with E-state index in [0.29, 0.717) is 17.1 Å². The molecular weight excluding hydrogens is 428 g/mol. The molecule has 1 aliphatic heterocycles. The van der Waals surface area contributed by atoms with Crippen LogP contribution in [-0.4, -0.2) is 56.7 Å². The lowest BCUT2D eigenvalue weighted by atomic mass is 9.79. The van der Waals surface area contributed by atoms with Crippen molar-refractivity contribution < 1.29 is 10.3 Å². The number of benzene rings is 1. The Bertz CT molecular complexity index is 1130. The van der Waals surface area contributed by atoms with Gasteiger partial charge in [-0.1, -0.05) is 6.07 Å². The first-order valence-electron chi connectivity index (χ1n) is 11.5. The third-order valence-electron chi connectivity index (χ3n) is 6.21. The summed E-state index contributed by atoms with van der Waals surface area (Å²) in [7, 11) is 3.89. The molecule has 180 valence electrons. The molecular formula is C26H34N6O2. The Kier molecular flexibility index (Phi) is 6.22. The lowest BCUT2D eigenvalue weighted by Crippen LogP contribution is -2.62. The van der Waals surface area contributed by atoms with Crippen molar-refractivity contribution in [2.75, 3.05) is 24.1 Å². The Morgan fingerprint density at radius 3 is 2.06 bits per heavy atom. The molecule has 0 radical (unpaired) electrons. The summed E-state index contributed by atoms with van der Waals surface area (Å²) in [5.41, 5.74) is 2.69. The summed E-state index contributed by atoms with van der Waals surface area (Å²) in [6.45, 7) is 8.57. The van der Waals surface area contributed by atoms with Gasteiger partial charge in [-0.3, -0.25) is 5.21 Å². The number of nitrogens with zero attached hydrogens (tertiary/aromatic N) is 5. The van der Waals surface area contributed by atoms with Crippen molar-refractivity contribution in [3.63, 3.8) is 0 Å². The Hall–Kier alpha value is -3.23. The van der Waals surface area contributed by atoms with Gasteiger partial charge in [-0.2, -0.15) is 0 Å². The van der Waals surface area contributed by atoms with E-state index in [0.717, 1.165) is 29.8 Å². The van der Waals surface area contributed by atoms with E-state index in [4.69, 9.17) is 0 Å². The number of nitrogens with one attached hydrogen (secondary N) is 1. The van der Waals surface area contributed by atoms with Gasteiger partial charge in [-0.05, 0) is 82.5 Å². The number of phenols is 1. The van der Waals surface area contributed by atoms with E-state index in [2.05, 4.69) is 48.2 Å². The normalized spacial score (nSPS) is 17.4. The number of aromatic hydroxyl groups is 1. The quantitative estimate of drug-likeness (QED) is 0.478. The molecule has 4 rings (SSSR count). The number of phenolic OH excluding ortho intramolecular Hbond substituents is 1. The third-order valence-corrected chi connectivity index (χ3v) is 6.21. The summed E-state index contributed by atoms with van der Waals surface area (Å²) in [5.74, 6) is 1.37. The fraction of sp³-hybridized carbons (Fsp3) is 0.423. The SMILES string of the molecule is CN(C)c1ccc(-c2ccc(-c3ccc(N(O)C4CC(C)(C)NC(C)(C)C4)nn3)c(O)c2)cn1. The second-order valence-electron chi connectivity index (χ2n) is 10.6. The number of piperidine rings is 1. The lowest BCUT2D eigenvalue weighted by molar-refractivity contribution is 0.102. The van der Waals surface area contributed by atoms with Crippen LogP contribution in [0.3, 0.4) is 0 Å². The van der Waals surface area contributed by atoms with E-state index in [-0.39, 0.29) is 22.9 Å². The zero-order valence-corrected chi connectivity index (χ0v) is 20.7. The van der Waals surface area contributed by atoms with Gasteiger partial charge < -0.3 is 15.3 Å². The maximum Gasteiger partial charge on any atom is 0.175 e. The molecule has 1 aromatic carbocycles. The summed E-state index contributed by atoms with van der Waals surface area (Å²) in [6.07, 6.45) is 3.35. The van der Waals surface area contributed by atoms with Crippen LogP contribution in [0.5, 0.6) is 5.75 Å². The van der Waals surface area contributed by atoms with Crippen LogP contribution in [0.25, 0.3) is 22.4 Å². The van der Waals surface area contributed by atoms with E-state index < -0.39 is 0 Å². The highest BCUT2D eigenvalue weighted by atomic mass is 16.5. The number of hydrogen-bond acceptors (Lipinski definition) is 8. The maximum absolute atomic E-state index is 10.9. The number of aromatic nitrogens is 3.